The van der Waals surface area contributed by atoms with Crippen molar-refractivity contribution in [2.45, 2.75) is 6.42 Å². The average molecular weight is 354 g/mol. The van der Waals surface area contributed by atoms with E-state index in [1.54, 1.807) is 52.4 Å². The van der Waals surface area contributed by atoms with E-state index in [2.05, 4.69) is 10.3 Å². The van der Waals surface area contributed by atoms with Crippen LogP contribution in [-0.4, -0.2) is 65.2 Å². The molecule has 1 aliphatic rings. The lowest BCUT2D eigenvalue weighted by atomic mass is 10.2. The number of aromatic nitrogens is 1. The van der Waals surface area contributed by atoms with Gasteiger partial charge >= 0.3 is 0 Å². The number of H-pyrrole nitrogens is 1. The van der Waals surface area contributed by atoms with E-state index in [1.165, 1.54) is 0 Å². The van der Waals surface area contributed by atoms with Gasteiger partial charge < -0.3 is 20.1 Å². The molecule has 1 aliphatic heterocycles. The summed E-state index contributed by atoms with van der Waals surface area (Å²) in [6.45, 7) is 2.09. The molecule has 0 bridgehead atoms. The van der Waals surface area contributed by atoms with Crippen molar-refractivity contribution in [3.8, 4) is 0 Å². The maximum absolute atomic E-state index is 12.4. The summed E-state index contributed by atoms with van der Waals surface area (Å²) in [6, 6.07) is 12.3. The molecule has 1 aromatic carbocycles. The molecule has 2 aromatic rings. The Morgan fingerprint density at radius 3 is 2.38 bits per heavy atom. The number of hydrogen-bond donors (Lipinski definition) is 2. The number of benzene rings is 1. The largest absolute Gasteiger partial charge is 0.357 e. The quantitative estimate of drug-likeness (QED) is 0.863. The summed E-state index contributed by atoms with van der Waals surface area (Å²) in [5, 5.41) is 2.66. The van der Waals surface area contributed by atoms with Crippen molar-refractivity contribution < 1.29 is 14.4 Å². The zero-order valence-corrected chi connectivity index (χ0v) is 14.5. The lowest BCUT2D eigenvalue weighted by Gasteiger charge is -2.22. The molecule has 0 saturated carbocycles. The van der Waals surface area contributed by atoms with Crippen LogP contribution in [0.5, 0.6) is 0 Å². The highest BCUT2D eigenvalue weighted by atomic mass is 16.2. The van der Waals surface area contributed by atoms with Gasteiger partial charge in [-0.15, -0.1) is 0 Å². The van der Waals surface area contributed by atoms with Crippen LogP contribution in [0.2, 0.25) is 0 Å². The van der Waals surface area contributed by atoms with Crippen molar-refractivity contribution in [2.75, 3.05) is 32.7 Å². The average Bonchev–Trinajstić information content (AvgIpc) is 3.10. The topological polar surface area (TPSA) is 85.5 Å². The van der Waals surface area contributed by atoms with Crippen molar-refractivity contribution in [1.29, 1.82) is 0 Å². The van der Waals surface area contributed by atoms with Crippen LogP contribution in [0.1, 0.15) is 27.3 Å². The highest BCUT2D eigenvalue weighted by Crippen LogP contribution is 2.08. The summed E-state index contributed by atoms with van der Waals surface area (Å²) in [7, 11) is 0. The maximum atomic E-state index is 12.4. The number of rotatable bonds is 4. The van der Waals surface area contributed by atoms with Gasteiger partial charge in [0.1, 0.15) is 5.69 Å². The standard InChI is InChI=1S/C19H22N4O3/c24-17(14-21-18(25)15-6-2-1-3-7-15)22-10-5-11-23(13-12-22)19(26)16-8-4-9-20-16/h1-4,6-9,20H,5,10-14H2,(H,21,25). The zero-order chi connectivity index (χ0) is 18.4. The molecule has 136 valence electrons. The predicted molar refractivity (Wildman–Crippen MR) is 96.7 cm³/mol. The first-order chi connectivity index (χ1) is 12.6. The minimum Gasteiger partial charge on any atom is -0.357 e. The molecular weight excluding hydrogens is 332 g/mol. The number of carbonyl (C=O) groups excluding carboxylic acids is 3. The molecule has 0 aliphatic carbocycles. The maximum Gasteiger partial charge on any atom is 0.270 e. The third-order valence-corrected chi connectivity index (χ3v) is 4.40. The van der Waals surface area contributed by atoms with E-state index in [0.29, 0.717) is 43.9 Å². The van der Waals surface area contributed by atoms with Crippen LogP contribution in [0.15, 0.2) is 48.7 Å². The number of amides is 3. The minimum atomic E-state index is -0.266. The van der Waals surface area contributed by atoms with Crippen molar-refractivity contribution >= 4 is 17.7 Å². The molecule has 0 unspecified atom stereocenters. The van der Waals surface area contributed by atoms with Crippen LogP contribution in [0.25, 0.3) is 0 Å². The molecule has 26 heavy (non-hydrogen) atoms. The van der Waals surface area contributed by atoms with E-state index in [-0.39, 0.29) is 24.3 Å². The number of aromatic amines is 1. The highest BCUT2D eigenvalue weighted by molar-refractivity contribution is 5.96. The Morgan fingerprint density at radius 2 is 1.65 bits per heavy atom. The first-order valence-electron chi connectivity index (χ1n) is 8.69. The third kappa shape index (κ3) is 4.30. The Morgan fingerprint density at radius 1 is 0.923 bits per heavy atom. The van der Waals surface area contributed by atoms with E-state index in [4.69, 9.17) is 0 Å². The number of hydrogen-bond acceptors (Lipinski definition) is 3. The fourth-order valence-electron chi connectivity index (χ4n) is 2.96. The number of nitrogens with one attached hydrogen (secondary N) is 2. The van der Waals surface area contributed by atoms with Gasteiger partial charge in [-0.1, -0.05) is 18.2 Å². The van der Waals surface area contributed by atoms with E-state index in [9.17, 15) is 14.4 Å². The summed E-state index contributed by atoms with van der Waals surface area (Å²) in [6.07, 6.45) is 2.43. The second-order valence-electron chi connectivity index (χ2n) is 6.16. The van der Waals surface area contributed by atoms with Gasteiger partial charge in [-0.2, -0.15) is 0 Å². The van der Waals surface area contributed by atoms with Crippen LogP contribution in [0, 0.1) is 0 Å². The normalized spacial score (nSPS) is 14.6. The molecule has 3 rings (SSSR count). The summed E-state index contributed by atoms with van der Waals surface area (Å²) < 4.78 is 0. The molecule has 3 amide bonds. The summed E-state index contributed by atoms with van der Waals surface area (Å²) in [5.74, 6) is -0.456. The smallest absolute Gasteiger partial charge is 0.270 e. The highest BCUT2D eigenvalue weighted by Gasteiger charge is 2.23. The van der Waals surface area contributed by atoms with Gasteiger partial charge in [-0.3, -0.25) is 14.4 Å². The summed E-state index contributed by atoms with van der Waals surface area (Å²) in [4.78, 5) is 43.2. The fraction of sp³-hybridized carbons (Fsp3) is 0.316. The Hall–Kier alpha value is -3.09. The SMILES string of the molecule is O=C(NCC(=O)N1CCCN(C(=O)c2ccc[nH]2)CC1)c1ccccc1. The lowest BCUT2D eigenvalue weighted by molar-refractivity contribution is -0.129. The molecule has 2 N–H and O–H groups in total. The van der Waals surface area contributed by atoms with Crippen molar-refractivity contribution in [3.05, 3.63) is 59.9 Å². The molecule has 1 aromatic heterocycles. The van der Waals surface area contributed by atoms with Crippen LogP contribution < -0.4 is 5.32 Å². The first-order valence-corrected chi connectivity index (χ1v) is 8.69. The second-order valence-corrected chi connectivity index (χ2v) is 6.16. The predicted octanol–water partition coefficient (Wildman–Crippen LogP) is 1.12. The fourth-order valence-corrected chi connectivity index (χ4v) is 2.96. The molecule has 7 nitrogen and oxygen atoms in total. The Labute approximate surface area is 152 Å². The van der Waals surface area contributed by atoms with Gasteiger partial charge in [0.05, 0.1) is 6.54 Å². The van der Waals surface area contributed by atoms with Gasteiger partial charge in [-0.05, 0) is 30.7 Å². The Balaban J connectivity index is 1.50. The summed E-state index contributed by atoms with van der Waals surface area (Å²) >= 11 is 0. The third-order valence-electron chi connectivity index (χ3n) is 4.40. The molecule has 0 atom stereocenters. The molecule has 7 heteroatoms. The monoisotopic (exact) mass is 354 g/mol. The van der Waals surface area contributed by atoms with Gasteiger partial charge in [0.2, 0.25) is 5.91 Å². The second kappa shape index (κ2) is 8.33. The van der Waals surface area contributed by atoms with Gasteiger partial charge in [-0.25, -0.2) is 0 Å². The lowest BCUT2D eigenvalue weighted by Crippen LogP contribution is -2.42. The van der Waals surface area contributed by atoms with Gasteiger partial charge in [0.25, 0.3) is 11.8 Å². The minimum absolute atomic E-state index is 0.0434. The van der Waals surface area contributed by atoms with Crippen LogP contribution >= 0.6 is 0 Å². The van der Waals surface area contributed by atoms with Crippen molar-refractivity contribution in [3.63, 3.8) is 0 Å². The van der Waals surface area contributed by atoms with Crippen molar-refractivity contribution in [2.24, 2.45) is 0 Å². The van der Waals surface area contributed by atoms with Gasteiger partial charge in [0.15, 0.2) is 0 Å². The number of carbonyl (C=O) groups is 3. The molecule has 1 saturated heterocycles. The summed E-state index contributed by atoms with van der Waals surface area (Å²) in [5.41, 5.74) is 1.08. The molecule has 0 spiro atoms. The van der Waals surface area contributed by atoms with Crippen molar-refractivity contribution in [1.82, 2.24) is 20.1 Å². The van der Waals surface area contributed by atoms with Crippen LogP contribution in [-0.2, 0) is 4.79 Å². The Bertz CT molecular complexity index is 758. The number of nitrogens with zero attached hydrogens (tertiary/aromatic N) is 2. The molecule has 2 heterocycles. The molecular formula is C19H22N4O3. The van der Waals surface area contributed by atoms with Gasteiger partial charge in [0, 0.05) is 37.9 Å². The van der Waals surface area contributed by atoms with Crippen LogP contribution in [0.3, 0.4) is 0 Å². The first kappa shape index (κ1) is 17.7. The van der Waals surface area contributed by atoms with E-state index >= 15 is 0 Å². The zero-order valence-electron chi connectivity index (χ0n) is 14.5. The molecule has 0 radical (unpaired) electrons. The molecule has 1 fully saturated rings. The Kier molecular flexibility index (Phi) is 5.68. The van der Waals surface area contributed by atoms with Crippen LogP contribution in [0.4, 0.5) is 0 Å². The van der Waals surface area contributed by atoms with E-state index in [1.807, 2.05) is 6.07 Å². The van der Waals surface area contributed by atoms with E-state index in [0.717, 1.165) is 0 Å². The van der Waals surface area contributed by atoms with E-state index < -0.39 is 0 Å².